The van der Waals surface area contributed by atoms with Gasteiger partial charge in [-0.1, -0.05) is 318 Å². The maximum atomic E-state index is 10.0. The highest BCUT2D eigenvalue weighted by atomic mass is 16.3. The first kappa shape index (κ1) is 60.4. The number of benzene rings is 18. The van der Waals surface area contributed by atoms with E-state index in [9.17, 15) is 11.0 Å². The van der Waals surface area contributed by atoms with Crippen molar-refractivity contribution in [2.24, 2.45) is 0 Å². The molecule has 2 aliphatic rings. The Morgan fingerprint density at radius 1 is 0.269 bits per heavy atom. The molecule has 18 aromatic carbocycles. The van der Waals surface area contributed by atoms with E-state index in [1.807, 2.05) is 42.5 Å². The molecule has 558 valence electrons. The minimum atomic E-state index is -0.595. The predicted octanol–water partition coefficient (Wildman–Crippen LogP) is 28.7. The zero-order valence-corrected chi connectivity index (χ0v) is 65.2. The van der Waals surface area contributed by atoms with Crippen molar-refractivity contribution in [3.8, 4) is 89.3 Å². The maximum Gasteiger partial charge on any atom is 0.252 e. The Balaban J connectivity index is 0.876. The Morgan fingerprint density at radius 3 is 1.15 bits per heavy atom. The predicted molar refractivity (Wildman–Crippen MR) is 500 cm³/mol. The van der Waals surface area contributed by atoms with Crippen molar-refractivity contribution in [2.75, 3.05) is 9.80 Å². The van der Waals surface area contributed by atoms with Gasteiger partial charge in [0, 0.05) is 111 Å². The number of furan rings is 2. The quantitative estimate of drug-likeness (QED) is 0.121. The lowest BCUT2D eigenvalue weighted by Gasteiger charge is -2.46. The van der Waals surface area contributed by atoms with Crippen molar-refractivity contribution in [1.82, 2.24) is 9.13 Å². The standard InChI is InChI=1S/C112H75BN4O2/c1-112(2,3)78-67-103-107-104(68-78)117(109-92(74-36-14-7-15-37-74)63-77(71-32-10-5-11-33-71)65-94(109)90-47-29-45-88-86-43-21-27-53-106(86)119-111(88)90)102-69-80(115-99-50-24-18-40-83(99)84-41-19-25-51-100(84)115)59-61-96(102)113(107)95-60-56-75(72-54-57-79(58-55-72)114-97-48-22-16-38-81(97)82-39-17-23-49-98(82)114)66-101(95)116(103)108-91(73-34-12-6-13-35-73)62-76(70-30-8-4-9-31-70)64-93(108)89-46-28-44-87-85-42-20-26-52-105(85)118-110(87)89/h4-69H,1-3H3/i18D,19D,24D,25D,40D,41D,50D,51D. The average molecular weight is 1530 g/mol. The van der Waals surface area contributed by atoms with Crippen LogP contribution < -0.4 is 26.2 Å². The molecule has 24 rings (SSSR count). The molecule has 0 saturated carbocycles. The molecule has 0 saturated heterocycles. The third kappa shape index (κ3) is 10.7. The van der Waals surface area contributed by atoms with Crippen LogP contribution >= 0.6 is 0 Å². The molecule has 6 heterocycles. The fourth-order valence-corrected chi connectivity index (χ4v) is 19.2. The summed E-state index contributed by atoms with van der Waals surface area (Å²) in [5.74, 6) is 0. The van der Waals surface area contributed by atoms with E-state index >= 15 is 0 Å². The minimum absolute atomic E-state index is 0.0124. The van der Waals surface area contributed by atoms with Crippen LogP contribution in [0.25, 0.3) is 177 Å². The number of fused-ring (bicyclic) bond motifs is 16. The summed E-state index contributed by atoms with van der Waals surface area (Å²) in [5, 5.41) is 6.22. The molecule has 6 nitrogen and oxygen atoms in total. The summed E-state index contributed by atoms with van der Waals surface area (Å²) in [4.78, 5) is 5.02. The fraction of sp³-hybridized carbons (Fsp3) is 0.0357. The second-order valence-corrected chi connectivity index (χ2v) is 32.4. The molecule has 0 amide bonds. The van der Waals surface area contributed by atoms with Crippen LogP contribution in [0, 0.1) is 0 Å². The van der Waals surface area contributed by atoms with Crippen molar-refractivity contribution < 1.29 is 19.8 Å². The first-order chi connectivity index (χ1) is 62.0. The van der Waals surface area contributed by atoms with Gasteiger partial charge in [-0.2, -0.15) is 0 Å². The van der Waals surface area contributed by atoms with E-state index in [0.717, 1.165) is 183 Å². The number of para-hydroxylation sites is 8. The third-order valence-corrected chi connectivity index (χ3v) is 24.7. The lowest BCUT2D eigenvalue weighted by Crippen LogP contribution is -2.61. The molecule has 0 spiro atoms. The molecule has 7 heteroatoms. The van der Waals surface area contributed by atoms with Gasteiger partial charge in [0.2, 0.25) is 0 Å². The highest BCUT2D eigenvalue weighted by molar-refractivity contribution is 7.00. The van der Waals surface area contributed by atoms with Crippen LogP contribution in [-0.4, -0.2) is 15.8 Å². The Kier molecular flexibility index (Phi) is 13.5. The molecule has 0 fully saturated rings. The van der Waals surface area contributed by atoms with E-state index in [-0.39, 0.29) is 21.8 Å². The van der Waals surface area contributed by atoms with Gasteiger partial charge in [-0.3, -0.25) is 0 Å². The molecule has 4 aromatic heterocycles. The topological polar surface area (TPSA) is 42.6 Å². The van der Waals surface area contributed by atoms with Gasteiger partial charge in [-0.25, -0.2) is 0 Å². The molecule has 0 aliphatic carbocycles. The van der Waals surface area contributed by atoms with E-state index in [0.29, 0.717) is 17.0 Å². The first-order valence-corrected chi connectivity index (χ1v) is 40.6. The Bertz CT molecular complexity index is 8300. The van der Waals surface area contributed by atoms with Gasteiger partial charge in [0.15, 0.2) is 0 Å². The zero-order valence-electron chi connectivity index (χ0n) is 73.2. The van der Waals surface area contributed by atoms with Gasteiger partial charge >= 0.3 is 0 Å². The van der Waals surface area contributed by atoms with Crippen LogP contribution in [-0.2, 0) is 5.41 Å². The summed E-state index contributed by atoms with van der Waals surface area (Å²) >= 11 is 0. The first-order valence-electron chi connectivity index (χ1n) is 44.6. The van der Waals surface area contributed by atoms with Gasteiger partial charge in [0.1, 0.15) is 22.3 Å². The lowest BCUT2D eigenvalue weighted by molar-refractivity contribution is 0.590. The van der Waals surface area contributed by atoms with Crippen LogP contribution in [0.15, 0.2) is 409 Å². The second kappa shape index (κ2) is 26.7. The zero-order chi connectivity index (χ0) is 85.7. The summed E-state index contributed by atoms with van der Waals surface area (Å²) in [6.07, 6.45) is 0. The van der Waals surface area contributed by atoms with Crippen LogP contribution in [0.1, 0.15) is 37.3 Å². The van der Waals surface area contributed by atoms with Gasteiger partial charge in [-0.05, 0) is 175 Å². The molecule has 0 unspecified atom stereocenters. The third-order valence-electron chi connectivity index (χ3n) is 24.7. The fourth-order valence-electron chi connectivity index (χ4n) is 19.2. The summed E-state index contributed by atoms with van der Waals surface area (Å²) in [6, 6.07) is 122. The summed E-state index contributed by atoms with van der Waals surface area (Å²) in [5.41, 5.74) is 28.2. The molecule has 0 atom stereocenters. The van der Waals surface area contributed by atoms with Crippen LogP contribution in [0.4, 0.5) is 34.1 Å². The Labute approximate surface area is 700 Å². The van der Waals surface area contributed by atoms with Crippen molar-refractivity contribution in [2.45, 2.75) is 26.2 Å². The van der Waals surface area contributed by atoms with E-state index in [4.69, 9.17) is 8.83 Å². The average Bonchev–Trinajstić information content (AvgIpc) is 1.63. The van der Waals surface area contributed by atoms with E-state index in [1.165, 1.54) is 10.8 Å². The number of nitrogens with zero attached hydrogens (tertiary/aromatic N) is 4. The number of anilines is 6. The highest BCUT2D eigenvalue weighted by Crippen LogP contribution is 2.57. The molecule has 2 aliphatic heterocycles. The smallest absolute Gasteiger partial charge is 0.252 e. The van der Waals surface area contributed by atoms with Crippen LogP contribution in [0.2, 0.25) is 0 Å². The normalized spacial score (nSPS) is 13.6. The molecular formula is C112H75BN4O2. The van der Waals surface area contributed by atoms with Crippen molar-refractivity contribution in [1.29, 1.82) is 0 Å². The van der Waals surface area contributed by atoms with Crippen molar-refractivity contribution >= 4 is 145 Å². The number of rotatable bonds is 11. The SMILES string of the molecule is [2H]c1c([2H])c([2H])c2c(c1[2H])c1c([2H])c([2H])c([2H])c([2H])c1n2-c1ccc2c(c1)N(c1c(-c3ccccc3)cc(-c3ccccc3)cc1-c1cccc3c1oc1ccccc13)c1cc(C(C)(C)C)cc3c1B2c1ccc(-c2ccc(-n4c5ccccc5c5ccccc54)cc2)cc1N3c1c(-c2ccccc2)cc(-c2ccccc2)cc1-c1cccc2c1oc1ccccc12. The number of aromatic nitrogens is 2. The minimum Gasteiger partial charge on any atom is -0.455 e. The van der Waals surface area contributed by atoms with E-state index in [2.05, 4.69) is 345 Å². The molecule has 0 N–H and O–H groups in total. The molecule has 119 heavy (non-hydrogen) atoms. The Morgan fingerprint density at radius 2 is 0.655 bits per heavy atom. The molecular weight excluding hydrogens is 1440 g/mol. The largest absolute Gasteiger partial charge is 0.455 e. The monoisotopic (exact) mass is 1530 g/mol. The van der Waals surface area contributed by atoms with E-state index < -0.39 is 60.5 Å². The number of hydrogen-bond donors (Lipinski definition) is 0. The highest BCUT2D eigenvalue weighted by Gasteiger charge is 2.47. The molecule has 0 radical (unpaired) electrons. The lowest BCUT2D eigenvalue weighted by atomic mass is 9.33. The molecule has 22 aromatic rings. The van der Waals surface area contributed by atoms with Crippen LogP contribution in [0.5, 0.6) is 0 Å². The van der Waals surface area contributed by atoms with Crippen molar-refractivity contribution in [3.63, 3.8) is 0 Å². The van der Waals surface area contributed by atoms with Gasteiger partial charge in [0.25, 0.3) is 6.71 Å². The van der Waals surface area contributed by atoms with Gasteiger partial charge in [0.05, 0.1) is 44.4 Å². The maximum absolute atomic E-state index is 10.0. The Hall–Kier alpha value is -15.2. The van der Waals surface area contributed by atoms with Crippen LogP contribution in [0.3, 0.4) is 0 Å². The number of hydrogen-bond acceptors (Lipinski definition) is 4. The van der Waals surface area contributed by atoms with E-state index in [1.54, 1.807) is 4.57 Å². The summed E-state index contributed by atoms with van der Waals surface area (Å²) in [6.45, 7) is 6.24. The second-order valence-electron chi connectivity index (χ2n) is 32.4. The van der Waals surface area contributed by atoms with Crippen molar-refractivity contribution in [3.05, 3.63) is 406 Å². The summed E-state index contributed by atoms with van der Waals surface area (Å²) < 4.78 is 95.4. The van der Waals surface area contributed by atoms with Gasteiger partial charge in [-0.15, -0.1) is 0 Å². The summed E-state index contributed by atoms with van der Waals surface area (Å²) in [7, 11) is 0. The van der Waals surface area contributed by atoms with Gasteiger partial charge < -0.3 is 27.8 Å². The molecule has 0 bridgehead atoms.